The topological polar surface area (TPSA) is 87.5 Å². The molecule has 0 aliphatic rings. The summed E-state index contributed by atoms with van der Waals surface area (Å²) in [7, 11) is 0.134. The van der Waals surface area contributed by atoms with Crippen molar-refractivity contribution in [2.45, 2.75) is 13.1 Å². The van der Waals surface area contributed by atoms with Gasteiger partial charge in [-0.15, -0.1) is 0 Å². The predicted octanol–water partition coefficient (Wildman–Crippen LogP) is 2.57. The lowest BCUT2D eigenvalue weighted by Gasteiger charge is -2.15. The van der Waals surface area contributed by atoms with Crippen LogP contribution in [-0.2, 0) is 30.2 Å². The normalized spacial score (nSPS) is 12.1. The average molecular weight is 418 g/mol. The Labute approximate surface area is 163 Å². The Hall–Kier alpha value is -1.90. The number of anilines is 1. The number of hydrogen-bond acceptors (Lipinski definition) is 3. The van der Waals surface area contributed by atoms with Gasteiger partial charge in [-0.3, -0.25) is 9.71 Å². The molecule has 1 heterocycles. The minimum absolute atomic E-state index is 0.396. The number of para-hydroxylation sites is 1. The van der Waals surface area contributed by atoms with Crippen molar-refractivity contribution >= 4 is 44.9 Å². The third kappa shape index (κ3) is 5.55. The minimum Gasteiger partial charge on any atom is -0.352 e. The maximum Gasteiger partial charge on any atom is 0.229 e. The van der Waals surface area contributed by atoms with Crippen molar-refractivity contribution in [1.82, 2.24) is 15.2 Å². The molecule has 142 valence electrons. The highest BCUT2D eigenvalue weighted by atomic mass is 35.5. The lowest BCUT2D eigenvalue weighted by molar-refractivity contribution is 0.606. The lowest BCUT2D eigenvalue weighted by atomic mass is 10.2. The molecule has 1 aromatic carbocycles. The smallest absolute Gasteiger partial charge is 0.229 e. The molecule has 0 saturated carbocycles. The molecule has 0 spiro atoms. The summed E-state index contributed by atoms with van der Waals surface area (Å²) < 4.78 is 27.2. The SMILES string of the molecule is CN=C(NCc1ccccc1NS(C)(=O)=O)NCc1cc(Cl)c(Cl)n1C. The molecule has 0 unspecified atom stereocenters. The van der Waals surface area contributed by atoms with Crippen molar-refractivity contribution in [2.75, 3.05) is 18.0 Å². The Balaban J connectivity index is 2.00. The Morgan fingerprint density at radius 1 is 1.19 bits per heavy atom. The van der Waals surface area contributed by atoms with Crippen LogP contribution < -0.4 is 15.4 Å². The number of guanidine groups is 1. The van der Waals surface area contributed by atoms with Crippen molar-refractivity contribution in [3.8, 4) is 0 Å². The second-order valence-electron chi connectivity index (χ2n) is 5.64. The average Bonchev–Trinajstić information content (AvgIpc) is 2.82. The quantitative estimate of drug-likeness (QED) is 0.497. The molecule has 0 radical (unpaired) electrons. The van der Waals surface area contributed by atoms with Gasteiger partial charge >= 0.3 is 0 Å². The van der Waals surface area contributed by atoms with Gasteiger partial charge in [0.2, 0.25) is 10.0 Å². The standard InChI is InChI=1S/C16H21Cl2N5O2S/c1-19-16(21-10-12-8-13(17)15(18)23(12)2)20-9-11-6-4-5-7-14(11)22-26(3,24)25/h4-8,22H,9-10H2,1-3H3,(H2,19,20,21). The molecule has 0 atom stereocenters. The maximum atomic E-state index is 11.5. The number of benzene rings is 1. The molecule has 1 aromatic heterocycles. The summed E-state index contributed by atoms with van der Waals surface area (Å²) in [4.78, 5) is 4.16. The van der Waals surface area contributed by atoms with Crippen LogP contribution in [0.2, 0.25) is 10.2 Å². The number of halogens is 2. The minimum atomic E-state index is -3.35. The molecule has 0 saturated heterocycles. The first-order valence-electron chi connectivity index (χ1n) is 7.71. The molecular weight excluding hydrogens is 397 g/mol. The molecule has 0 bridgehead atoms. The highest BCUT2D eigenvalue weighted by molar-refractivity contribution is 7.92. The van der Waals surface area contributed by atoms with Crippen molar-refractivity contribution in [3.63, 3.8) is 0 Å². The fourth-order valence-corrected chi connectivity index (χ4v) is 3.32. The van der Waals surface area contributed by atoms with Gasteiger partial charge in [0.15, 0.2) is 5.96 Å². The van der Waals surface area contributed by atoms with Crippen LogP contribution in [-0.4, -0.2) is 32.2 Å². The molecular formula is C16H21Cl2N5O2S. The van der Waals surface area contributed by atoms with Gasteiger partial charge in [0, 0.05) is 26.3 Å². The van der Waals surface area contributed by atoms with E-state index in [1.807, 2.05) is 19.2 Å². The predicted molar refractivity (Wildman–Crippen MR) is 107 cm³/mol. The van der Waals surface area contributed by atoms with E-state index in [4.69, 9.17) is 23.2 Å². The molecule has 0 aliphatic heterocycles. The molecule has 0 aliphatic carbocycles. The largest absolute Gasteiger partial charge is 0.352 e. The molecule has 26 heavy (non-hydrogen) atoms. The summed E-state index contributed by atoms with van der Waals surface area (Å²) >= 11 is 12.1. The van der Waals surface area contributed by atoms with E-state index in [-0.39, 0.29) is 0 Å². The van der Waals surface area contributed by atoms with Crippen LogP contribution in [0, 0.1) is 0 Å². The number of nitrogens with zero attached hydrogens (tertiary/aromatic N) is 2. The Kier molecular flexibility index (Phi) is 6.80. The molecule has 3 N–H and O–H groups in total. The lowest BCUT2D eigenvalue weighted by Crippen LogP contribution is -2.36. The Morgan fingerprint density at radius 3 is 2.42 bits per heavy atom. The number of sulfonamides is 1. The van der Waals surface area contributed by atoms with Crippen LogP contribution in [0.25, 0.3) is 0 Å². The second kappa shape index (κ2) is 8.66. The summed E-state index contributed by atoms with van der Waals surface area (Å²) in [5, 5.41) is 7.29. The zero-order valence-corrected chi connectivity index (χ0v) is 17.0. The number of aliphatic imine (C=N–C) groups is 1. The molecule has 10 heteroatoms. The molecule has 2 rings (SSSR count). The maximum absolute atomic E-state index is 11.5. The van der Waals surface area contributed by atoms with E-state index in [9.17, 15) is 8.42 Å². The van der Waals surface area contributed by atoms with E-state index in [0.717, 1.165) is 17.5 Å². The first kappa shape index (κ1) is 20.4. The summed E-state index contributed by atoms with van der Waals surface area (Å²) in [6.07, 6.45) is 1.12. The highest BCUT2D eigenvalue weighted by Gasteiger charge is 2.10. The number of aromatic nitrogens is 1. The highest BCUT2D eigenvalue weighted by Crippen LogP contribution is 2.24. The zero-order chi connectivity index (χ0) is 19.3. The van der Waals surface area contributed by atoms with Crippen LogP contribution in [0.1, 0.15) is 11.3 Å². The fraction of sp³-hybridized carbons (Fsp3) is 0.312. The first-order valence-corrected chi connectivity index (χ1v) is 10.4. The van der Waals surface area contributed by atoms with Crippen LogP contribution in [0.5, 0.6) is 0 Å². The fourth-order valence-electron chi connectivity index (χ4n) is 2.31. The summed E-state index contributed by atoms with van der Waals surface area (Å²) in [5.74, 6) is 0.563. The van der Waals surface area contributed by atoms with E-state index >= 15 is 0 Å². The second-order valence-corrected chi connectivity index (χ2v) is 8.16. The van der Waals surface area contributed by atoms with E-state index in [1.165, 1.54) is 0 Å². The van der Waals surface area contributed by atoms with Crippen molar-refractivity contribution < 1.29 is 8.42 Å². The summed E-state index contributed by atoms with van der Waals surface area (Å²) in [6, 6.07) is 8.95. The van der Waals surface area contributed by atoms with Crippen molar-refractivity contribution in [3.05, 3.63) is 51.8 Å². The first-order chi connectivity index (χ1) is 12.2. The van der Waals surface area contributed by atoms with Gasteiger partial charge in [0.25, 0.3) is 0 Å². The van der Waals surface area contributed by atoms with Gasteiger partial charge in [-0.2, -0.15) is 0 Å². The van der Waals surface area contributed by atoms with Gasteiger partial charge in [-0.1, -0.05) is 41.4 Å². The van der Waals surface area contributed by atoms with Crippen LogP contribution >= 0.6 is 23.2 Å². The van der Waals surface area contributed by atoms with Crippen LogP contribution in [0.3, 0.4) is 0 Å². The summed E-state index contributed by atoms with van der Waals surface area (Å²) in [5.41, 5.74) is 2.23. The molecule has 0 fully saturated rings. The van der Waals surface area contributed by atoms with Crippen LogP contribution in [0.4, 0.5) is 5.69 Å². The van der Waals surface area contributed by atoms with Gasteiger partial charge < -0.3 is 15.2 Å². The number of nitrogens with one attached hydrogen (secondary N) is 3. The molecule has 2 aromatic rings. The van der Waals surface area contributed by atoms with E-state index in [2.05, 4.69) is 20.3 Å². The van der Waals surface area contributed by atoms with Crippen molar-refractivity contribution in [2.24, 2.45) is 12.0 Å². The molecule has 0 amide bonds. The Morgan fingerprint density at radius 2 is 1.85 bits per heavy atom. The van der Waals surface area contributed by atoms with Crippen LogP contribution in [0.15, 0.2) is 35.3 Å². The monoisotopic (exact) mass is 417 g/mol. The zero-order valence-electron chi connectivity index (χ0n) is 14.7. The van der Waals surface area contributed by atoms with E-state index in [0.29, 0.717) is 34.9 Å². The third-order valence-electron chi connectivity index (χ3n) is 3.64. The number of hydrogen-bond donors (Lipinski definition) is 3. The van der Waals surface area contributed by atoms with Gasteiger partial charge in [0.05, 0.1) is 23.5 Å². The summed E-state index contributed by atoms with van der Waals surface area (Å²) in [6.45, 7) is 0.874. The van der Waals surface area contributed by atoms with Crippen molar-refractivity contribution in [1.29, 1.82) is 0 Å². The number of rotatable bonds is 6. The molecule has 7 nitrogen and oxygen atoms in total. The third-order valence-corrected chi connectivity index (χ3v) is 5.07. The van der Waals surface area contributed by atoms with E-state index < -0.39 is 10.0 Å². The Bertz CT molecular complexity index is 909. The van der Waals surface area contributed by atoms with Gasteiger partial charge in [-0.05, 0) is 17.7 Å². The van der Waals surface area contributed by atoms with Gasteiger partial charge in [0.1, 0.15) is 5.15 Å². The van der Waals surface area contributed by atoms with E-state index in [1.54, 1.807) is 29.8 Å². The van der Waals surface area contributed by atoms with Gasteiger partial charge in [-0.25, -0.2) is 8.42 Å².